The minimum atomic E-state index is -4.72. The SMILES string of the molecule is CCc1ccc(C(CF)(c2ccc(C)cc2)C(F)(F)F)cc1. The van der Waals surface area contributed by atoms with Crippen LogP contribution in [0.1, 0.15) is 29.2 Å². The normalized spacial score (nSPS) is 14.6. The van der Waals surface area contributed by atoms with E-state index in [-0.39, 0.29) is 11.1 Å². The molecule has 0 radical (unpaired) electrons. The highest BCUT2D eigenvalue weighted by Crippen LogP contribution is 2.46. The number of rotatable bonds is 4. The molecule has 0 amide bonds. The fourth-order valence-electron chi connectivity index (χ4n) is 2.59. The Balaban J connectivity index is 2.66. The molecular formula is C18H18F4. The van der Waals surface area contributed by atoms with Crippen molar-refractivity contribution in [2.24, 2.45) is 0 Å². The van der Waals surface area contributed by atoms with Crippen molar-refractivity contribution in [2.75, 3.05) is 6.67 Å². The molecule has 0 aliphatic carbocycles. The van der Waals surface area contributed by atoms with Gasteiger partial charge in [0, 0.05) is 0 Å². The summed E-state index contributed by atoms with van der Waals surface area (Å²) in [4.78, 5) is 0. The zero-order valence-corrected chi connectivity index (χ0v) is 12.5. The van der Waals surface area contributed by atoms with Gasteiger partial charge in [-0.05, 0) is 30.0 Å². The van der Waals surface area contributed by atoms with Gasteiger partial charge in [0.15, 0.2) is 0 Å². The van der Waals surface area contributed by atoms with Gasteiger partial charge in [0.1, 0.15) is 12.1 Å². The van der Waals surface area contributed by atoms with Crippen molar-refractivity contribution in [1.29, 1.82) is 0 Å². The molecule has 2 aromatic carbocycles. The molecule has 2 rings (SSSR count). The van der Waals surface area contributed by atoms with E-state index in [2.05, 4.69) is 0 Å². The highest BCUT2D eigenvalue weighted by Gasteiger charge is 2.57. The molecule has 0 nitrogen and oxygen atoms in total. The largest absolute Gasteiger partial charge is 0.404 e. The predicted octanol–water partition coefficient (Wildman–Crippen LogP) is 5.38. The van der Waals surface area contributed by atoms with Crippen LogP contribution in [-0.4, -0.2) is 12.9 Å². The van der Waals surface area contributed by atoms with Gasteiger partial charge in [-0.25, -0.2) is 4.39 Å². The summed E-state index contributed by atoms with van der Waals surface area (Å²) in [6, 6.07) is 11.9. The molecule has 22 heavy (non-hydrogen) atoms. The zero-order chi connectivity index (χ0) is 16.4. The zero-order valence-electron chi connectivity index (χ0n) is 12.5. The lowest BCUT2D eigenvalue weighted by Crippen LogP contribution is -2.45. The minimum Gasteiger partial charge on any atom is -0.249 e. The Kier molecular flexibility index (Phi) is 4.59. The number of benzene rings is 2. The second kappa shape index (κ2) is 6.11. The number of hydrogen-bond acceptors (Lipinski definition) is 0. The second-order valence-corrected chi connectivity index (χ2v) is 5.45. The topological polar surface area (TPSA) is 0 Å². The maximum Gasteiger partial charge on any atom is 0.404 e. The Morgan fingerprint density at radius 1 is 0.818 bits per heavy atom. The Hall–Kier alpha value is -1.84. The van der Waals surface area contributed by atoms with Crippen LogP contribution in [0.5, 0.6) is 0 Å². The van der Waals surface area contributed by atoms with Crippen molar-refractivity contribution in [1.82, 2.24) is 0 Å². The fourth-order valence-corrected chi connectivity index (χ4v) is 2.59. The highest BCUT2D eigenvalue weighted by atomic mass is 19.4. The first-order valence-corrected chi connectivity index (χ1v) is 7.14. The molecule has 0 aromatic heterocycles. The Bertz CT molecular complexity index is 611. The van der Waals surface area contributed by atoms with Crippen LogP contribution in [0.3, 0.4) is 0 Å². The average molecular weight is 310 g/mol. The first-order valence-electron chi connectivity index (χ1n) is 7.14. The molecular weight excluding hydrogens is 292 g/mol. The molecule has 1 atom stereocenters. The molecule has 0 heterocycles. The Morgan fingerprint density at radius 2 is 1.27 bits per heavy atom. The molecule has 0 spiro atoms. The molecule has 118 valence electrons. The highest BCUT2D eigenvalue weighted by molar-refractivity contribution is 5.43. The fraction of sp³-hybridized carbons (Fsp3) is 0.333. The molecule has 2 aromatic rings. The van der Waals surface area contributed by atoms with Crippen LogP contribution < -0.4 is 0 Å². The van der Waals surface area contributed by atoms with Crippen molar-refractivity contribution in [3.05, 3.63) is 70.8 Å². The van der Waals surface area contributed by atoms with Crippen molar-refractivity contribution >= 4 is 0 Å². The summed E-state index contributed by atoms with van der Waals surface area (Å²) in [6.07, 6.45) is -4.00. The van der Waals surface area contributed by atoms with Gasteiger partial charge in [-0.1, -0.05) is 61.0 Å². The van der Waals surface area contributed by atoms with Gasteiger partial charge in [0.2, 0.25) is 0 Å². The van der Waals surface area contributed by atoms with Crippen LogP contribution >= 0.6 is 0 Å². The van der Waals surface area contributed by atoms with Gasteiger partial charge in [0.25, 0.3) is 0 Å². The van der Waals surface area contributed by atoms with E-state index in [0.29, 0.717) is 0 Å². The first kappa shape index (κ1) is 16.5. The summed E-state index contributed by atoms with van der Waals surface area (Å²) in [7, 11) is 0. The standard InChI is InChI=1S/C18H18F4/c1-3-14-6-10-16(11-7-14)17(12-19,18(20,21)22)15-8-4-13(2)5-9-15/h4-11H,3,12H2,1-2H3. The van der Waals surface area contributed by atoms with Crippen LogP contribution in [-0.2, 0) is 11.8 Å². The molecule has 0 aliphatic heterocycles. The second-order valence-electron chi connectivity index (χ2n) is 5.45. The van der Waals surface area contributed by atoms with E-state index in [1.807, 2.05) is 6.92 Å². The predicted molar refractivity (Wildman–Crippen MR) is 79.8 cm³/mol. The summed E-state index contributed by atoms with van der Waals surface area (Å²) in [5, 5.41) is 0. The van der Waals surface area contributed by atoms with Gasteiger partial charge in [-0.15, -0.1) is 0 Å². The lowest BCUT2D eigenvalue weighted by molar-refractivity contribution is -0.182. The van der Waals surface area contributed by atoms with Gasteiger partial charge in [-0.2, -0.15) is 13.2 Å². The molecule has 0 saturated heterocycles. The van der Waals surface area contributed by atoms with Gasteiger partial charge in [-0.3, -0.25) is 0 Å². The summed E-state index contributed by atoms with van der Waals surface area (Å²) >= 11 is 0. The monoisotopic (exact) mass is 310 g/mol. The third-order valence-electron chi connectivity index (χ3n) is 4.08. The average Bonchev–Trinajstić information content (AvgIpc) is 2.49. The Labute approximate surface area is 127 Å². The van der Waals surface area contributed by atoms with Crippen LogP contribution in [0.4, 0.5) is 17.6 Å². The maximum absolute atomic E-state index is 13.8. The molecule has 1 unspecified atom stereocenters. The first-order chi connectivity index (χ1) is 10.3. The number of halogens is 4. The van der Waals surface area contributed by atoms with E-state index in [0.717, 1.165) is 17.5 Å². The third kappa shape index (κ3) is 2.74. The molecule has 0 aliphatic rings. The molecule has 0 bridgehead atoms. The molecule has 0 N–H and O–H groups in total. The molecule has 0 saturated carbocycles. The maximum atomic E-state index is 13.8. The summed E-state index contributed by atoms with van der Waals surface area (Å²) in [6.45, 7) is 2.18. The summed E-state index contributed by atoms with van der Waals surface area (Å²) in [5.41, 5.74) is -1.00. The van der Waals surface area contributed by atoms with Crippen LogP contribution in [0.2, 0.25) is 0 Å². The van der Waals surface area contributed by atoms with E-state index in [4.69, 9.17) is 0 Å². The lowest BCUT2D eigenvalue weighted by atomic mass is 9.74. The summed E-state index contributed by atoms with van der Waals surface area (Å²) in [5.74, 6) is 0. The quantitative estimate of drug-likeness (QED) is 0.666. The third-order valence-corrected chi connectivity index (χ3v) is 4.08. The van der Waals surface area contributed by atoms with Gasteiger partial charge < -0.3 is 0 Å². The Morgan fingerprint density at radius 3 is 1.64 bits per heavy atom. The number of hydrogen-bond donors (Lipinski definition) is 0. The van der Waals surface area contributed by atoms with E-state index in [1.54, 1.807) is 31.2 Å². The van der Waals surface area contributed by atoms with Crippen LogP contribution in [0.25, 0.3) is 0 Å². The van der Waals surface area contributed by atoms with Gasteiger partial charge >= 0.3 is 6.18 Å². The van der Waals surface area contributed by atoms with E-state index in [1.165, 1.54) is 24.3 Å². The van der Waals surface area contributed by atoms with Crippen molar-refractivity contribution < 1.29 is 17.6 Å². The van der Waals surface area contributed by atoms with Crippen molar-refractivity contribution in [3.63, 3.8) is 0 Å². The van der Waals surface area contributed by atoms with Crippen molar-refractivity contribution in [3.8, 4) is 0 Å². The van der Waals surface area contributed by atoms with Crippen molar-refractivity contribution in [2.45, 2.75) is 31.9 Å². The van der Waals surface area contributed by atoms with Crippen LogP contribution in [0, 0.1) is 6.92 Å². The minimum absolute atomic E-state index is 0.0662. The summed E-state index contributed by atoms with van der Waals surface area (Å²) < 4.78 is 55.1. The molecule has 0 fully saturated rings. The number of alkyl halides is 4. The lowest BCUT2D eigenvalue weighted by Gasteiger charge is -2.34. The van der Waals surface area contributed by atoms with Gasteiger partial charge in [0.05, 0.1) is 0 Å². The van der Waals surface area contributed by atoms with E-state index in [9.17, 15) is 17.6 Å². The van der Waals surface area contributed by atoms with E-state index >= 15 is 0 Å². The smallest absolute Gasteiger partial charge is 0.249 e. The van der Waals surface area contributed by atoms with Crippen LogP contribution in [0.15, 0.2) is 48.5 Å². The van der Waals surface area contributed by atoms with E-state index < -0.39 is 18.3 Å². The number of aryl methyl sites for hydroxylation is 2. The molecule has 4 heteroatoms.